The number of halogens is 2. The van der Waals surface area contributed by atoms with E-state index in [0.29, 0.717) is 5.02 Å². The number of rotatable bonds is 2. The second-order valence-corrected chi connectivity index (χ2v) is 4.25. The summed E-state index contributed by atoms with van der Waals surface area (Å²) >= 11 is 6.21. The molecule has 0 saturated carbocycles. The second kappa shape index (κ2) is 5.87. The number of benzene rings is 2. The highest BCUT2D eigenvalue weighted by molar-refractivity contribution is 6.36. The first-order valence-electron chi connectivity index (χ1n) is 5.56. The highest BCUT2D eigenvalue weighted by Gasteiger charge is 2.07. The molecule has 0 aliphatic carbocycles. The Labute approximate surface area is 122 Å². The van der Waals surface area contributed by atoms with Crippen LogP contribution in [0.3, 0.4) is 0 Å². The summed E-state index contributed by atoms with van der Waals surface area (Å²) in [7, 11) is 0. The Morgan fingerprint density at radius 3 is 2.47 bits per heavy atom. The Hall–Kier alpha value is -1.84. The van der Waals surface area contributed by atoms with Crippen LogP contribution in [-0.4, -0.2) is 9.97 Å². The van der Waals surface area contributed by atoms with E-state index in [0.717, 1.165) is 22.4 Å². The van der Waals surface area contributed by atoms with E-state index in [-0.39, 0.29) is 12.4 Å². The molecule has 0 unspecified atom stereocenters. The normalized spacial score (nSPS) is 9.95. The number of hydrogen-bond acceptors (Lipinski definition) is 3. The van der Waals surface area contributed by atoms with Gasteiger partial charge in [-0.3, -0.25) is 0 Å². The lowest BCUT2D eigenvalue weighted by Gasteiger charge is -2.08. The van der Waals surface area contributed by atoms with Gasteiger partial charge in [0, 0.05) is 5.69 Å². The lowest BCUT2D eigenvalue weighted by molar-refractivity contribution is 1.22. The van der Waals surface area contributed by atoms with Crippen LogP contribution in [-0.2, 0) is 0 Å². The summed E-state index contributed by atoms with van der Waals surface area (Å²) in [6.07, 6.45) is 1.53. The van der Waals surface area contributed by atoms with Crippen molar-refractivity contribution in [3.8, 4) is 0 Å². The molecule has 3 aromatic rings. The van der Waals surface area contributed by atoms with Gasteiger partial charge in [-0.2, -0.15) is 0 Å². The van der Waals surface area contributed by atoms with Crippen molar-refractivity contribution in [1.29, 1.82) is 0 Å². The smallest absolute Gasteiger partial charge is 0.143 e. The fraction of sp³-hybridized carbons (Fsp3) is 0. The van der Waals surface area contributed by atoms with Gasteiger partial charge in [-0.05, 0) is 24.3 Å². The van der Waals surface area contributed by atoms with Crippen LogP contribution in [0, 0.1) is 0 Å². The number of para-hydroxylation sites is 1. The van der Waals surface area contributed by atoms with Gasteiger partial charge in [0.05, 0.1) is 15.9 Å². The third-order valence-electron chi connectivity index (χ3n) is 2.65. The molecule has 0 atom stereocenters. The Morgan fingerprint density at radius 1 is 0.895 bits per heavy atom. The second-order valence-electron chi connectivity index (χ2n) is 3.85. The van der Waals surface area contributed by atoms with Crippen molar-refractivity contribution in [2.24, 2.45) is 0 Å². The number of nitrogens with zero attached hydrogens (tertiary/aromatic N) is 2. The molecule has 96 valence electrons. The highest BCUT2D eigenvalue weighted by atomic mass is 35.5. The minimum atomic E-state index is 0. The zero-order valence-corrected chi connectivity index (χ0v) is 11.4. The summed E-state index contributed by atoms with van der Waals surface area (Å²) in [6.45, 7) is 0. The van der Waals surface area contributed by atoms with E-state index in [4.69, 9.17) is 11.6 Å². The van der Waals surface area contributed by atoms with Gasteiger partial charge < -0.3 is 5.32 Å². The molecule has 1 N–H and O–H groups in total. The van der Waals surface area contributed by atoms with E-state index < -0.39 is 0 Å². The molecule has 2 aromatic carbocycles. The van der Waals surface area contributed by atoms with Gasteiger partial charge in [0.2, 0.25) is 0 Å². The first-order valence-corrected chi connectivity index (χ1v) is 5.94. The molecule has 0 amide bonds. The number of fused-ring (bicyclic) bond motifs is 1. The van der Waals surface area contributed by atoms with E-state index in [1.165, 1.54) is 6.33 Å². The van der Waals surface area contributed by atoms with Gasteiger partial charge in [0.15, 0.2) is 0 Å². The molecule has 0 aliphatic rings. The average Bonchev–Trinajstić information content (AvgIpc) is 2.40. The van der Waals surface area contributed by atoms with Crippen LogP contribution < -0.4 is 5.32 Å². The van der Waals surface area contributed by atoms with Gasteiger partial charge in [-0.25, -0.2) is 9.97 Å². The van der Waals surface area contributed by atoms with Crippen molar-refractivity contribution in [3.63, 3.8) is 0 Å². The summed E-state index contributed by atoms with van der Waals surface area (Å²) in [6, 6.07) is 15.5. The van der Waals surface area contributed by atoms with Crippen molar-refractivity contribution >= 4 is 46.4 Å². The van der Waals surface area contributed by atoms with Crippen molar-refractivity contribution in [2.75, 3.05) is 5.32 Å². The maximum absolute atomic E-state index is 6.21. The van der Waals surface area contributed by atoms with Gasteiger partial charge in [-0.15, -0.1) is 12.4 Å². The first-order chi connectivity index (χ1) is 8.84. The van der Waals surface area contributed by atoms with Crippen LogP contribution in [0.15, 0.2) is 54.9 Å². The van der Waals surface area contributed by atoms with E-state index in [9.17, 15) is 0 Å². The van der Waals surface area contributed by atoms with Crippen molar-refractivity contribution < 1.29 is 0 Å². The van der Waals surface area contributed by atoms with Gasteiger partial charge in [0.1, 0.15) is 12.1 Å². The van der Waals surface area contributed by atoms with E-state index in [1.807, 2.05) is 48.5 Å². The monoisotopic (exact) mass is 291 g/mol. The minimum Gasteiger partial charge on any atom is -0.340 e. The zero-order valence-electron chi connectivity index (χ0n) is 9.88. The molecule has 0 aliphatic heterocycles. The quantitative estimate of drug-likeness (QED) is 0.758. The summed E-state index contributed by atoms with van der Waals surface area (Å²) in [4.78, 5) is 8.47. The Balaban J connectivity index is 0.00000133. The third kappa shape index (κ3) is 2.78. The molecular formula is C14H11Cl2N3. The van der Waals surface area contributed by atoms with Crippen LogP contribution in [0.25, 0.3) is 10.9 Å². The molecule has 5 heteroatoms. The van der Waals surface area contributed by atoms with E-state index >= 15 is 0 Å². The Bertz CT molecular complexity index is 681. The molecule has 0 fully saturated rings. The Morgan fingerprint density at radius 2 is 1.68 bits per heavy atom. The summed E-state index contributed by atoms with van der Waals surface area (Å²) < 4.78 is 0. The van der Waals surface area contributed by atoms with Crippen molar-refractivity contribution in [2.45, 2.75) is 0 Å². The average molecular weight is 292 g/mol. The van der Waals surface area contributed by atoms with E-state index in [2.05, 4.69) is 15.3 Å². The molecule has 1 aromatic heterocycles. The topological polar surface area (TPSA) is 37.8 Å². The number of hydrogen-bond donors (Lipinski definition) is 1. The predicted octanol–water partition coefficient (Wildman–Crippen LogP) is 4.45. The lowest BCUT2D eigenvalue weighted by atomic mass is 10.2. The fourth-order valence-corrected chi connectivity index (χ4v) is 2.08. The highest BCUT2D eigenvalue weighted by Crippen LogP contribution is 2.29. The van der Waals surface area contributed by atoms with Crippen LogP contribution in [0.1, 0.15) is 0 Å². The fourth-order valence-electron chi connectivity index (χ4n) is 1.82. The number of nitrogens with one attached hydrogen (secondary N) is 1. The van der Waals surface area contributed by atoms with Gasteiger partial charge in [0.25, 0.3) is 0 Å². The standard InChI is InChI=1S/C14H10ClN3.ClH/c15-11-7-4-8-12-13(11)14(17-9-16-12)18-10-5-2-1-3-6-10;/h1-9H,(H,16,17,18);1H. The lowest BCUT2D eigenvalue weighted by Crippen LogP contribution is -1.96. The Kier molecular flexibility index (Phi) is 4.20. The molecule has 3 nitrogen and oxygen atoms in total. The summed E-state index contributed by atoms with van der Waals surface area (Å²) in [5, 5.41) is 4.74. The van der Waals surface area contributed by atoms with E-state index in [1.54, 1.807) is 0 Å². The summed E-state index contributed by atoms with van der Waals surface area (Å²) in [5.41, 5.74) is 1.80. The SMILES string of the molecule is Cl.Clc1cccc2ncnc(Nc3ccccc3)c12. The molecular weight excluding hydrogens is 281 g/mol. The minimum absolute atomic E-state index is 0. The van der Waals surface area contributed by atoms with Crippen LogP contribution in [0.5, 0.6) is 0 Å². The third-order valence-corrected chi connectivity index (χ3v) is 2.96. The van der Waals surface area contributed by atoms with Crippen LogP contribution >= 0.6 is 24.0 Å². The molecule has 0 saturated heterocycles. The molecule has 1 heterocycles. The molecule has 3 rings (SSSR count). The van der Waals surface area contributed by atoms with Crippen LogP contribution in [0.4, 0.5) is 11.5 Å². The zero-order chi connectivity index (χ0) is 12.4. The molecule has 0 spiro atoms. The van der Waals surface area contributed by atoms with Crippen LogP contribution in [0.2, 0.25) is 5.02 Å². The largest absolute Gasteiger partial charge is 0.340 e. The summed E-state index contributed by atoms with van der Waals surface area (Å²) in [5.74, 6) is 0.719. The van der Waals surface area contributed by atoms with Gasteiger partial charge in [-0.1, -0.05) is 35.9 Å². The molecule has 0 bridgehead atoms. The molecule has 0 radical (unpaired) electrons. The van der Waals surface area contributed by atoms with Crippen molar-refractivity contribution in [3.05, 3.63) is 59.9 Å². The van der Waals surface area contributed by atoms with Gasteiger partial charge >= 0.3 is 0 Å². The number of anilines is 2. The first kappa shape index (κ1) is 13.6. The number of aromatic nitrogens is 2. The molecule has 19 heavy (non-hydrogen) atoms. The maximum atomic E-state index is 6.21. The van der Waals surface area contributed by atoms with Crippen molar-refractivity contribution in [1.82, 2.24) is 9.97 Å². The predicted molar refractivity (Wildman–Crippen MR) is 81.5 cm³/mol. The maximum Gasteiger partial charge on any atom is 0.143 e.